The van der Waals surface area contributed by atoms with E-state index in [1.165, 1.54) is 5.69 Å². The summed E-state index contributed by atoms with van der Waals surface area (Å²) >= 11 is 1.68. The van der Waals surface area contributed by atoms with Gasteiger partial charge in [0.1, 0.15) is 0 Å². The van der Waals surface area contributed by atoms with Crippen LogP contribution in [0.2, 0.25) is 0 Å². The van der Waals surface area contributed by atoms with Gasteiger partial charge >= 0.3 is 0 Å². The van der Waals surface area contributed by atoms with E-state index in [0.29, 0.717) is 0 Å². The smallest absolute Gasteiger partial charge is 0.193 e. The van der Waals surface area contributed by atoms with Crippen molar-refractivity contribution in [1.29, 1.82) is 0 Å². The monoisotopic (exact) mass is 223 g/mol. The minimum absolute atomic E-state index is 0.718. The lowest BCUT2D eigenvalue weighted by molar-refractivity contribution is 0.553. The Morgan fingerprint density at radius 1 is 1.53 bits per heavy atom. The van der Waals surface area contributed by atoms with Crippen molar-refractivity contribution in [3.05, 3.63) is 23.5 Å². The summed E-state index contributed by atoms with van der Waals surface area (Å²) in [5, 5.41) is 5.48. The lowest BCUT2D eigenvalue weighted by Crippen LogP contribution is -2.22. The first kappa shape index (κ1) is 10.6. The molecule has 0 aromatic carbocycles. The van der Waals surface area contributed by atoms with Crippen molar-refractivity contribution in [3.63, 3.8) is 0 Å². The third-order valence-corrected chi connectivity index (χ3v) is 3.02. The zero-order chi connectivity index (χ0) is 10.7. The zero-order valence-corrected chi connectivity index (χ0v) is 10.0. The molecule has 2 aromatic rings. The van der Waals surface area contributed by atoms with Crippen LogP contribution in [0, 0.1) is 5.92 Å². The molecule has 4 heteroatoms. The van der Waals surface area contributed by atoms with Crippen LogP contribution in [-0.4, -0.2) is 22.5 Å². The van der Waals surface area contributed by atoms with E-state index >= 15 is 0 Å². The Labute approximate surface area is 94.1 Å². The van der Waals surface area contributed by atoms with Crippen LogP contribution < -0.4 is 5.32 Å². The second-order valence-corrected chi connectivity index (χ2v) is 5.05. The molecule has 2 rings (SSSR count). The van der Waals surface area contributed by atoms with Gasteiger partial charge in [-0.3, -0.25) is 4.40 Å². The van der Waals surface area contributed by atoms with Gasteiger partial charge in [-0.05, 0) is 12.5 Å². The number of aromatic nitrogens is 2. The Kier molecular flexibility index (Phi) is 3.38. The molecule has 2 aromatic heterocycles. The number of nitrogens with zero attached hydrogens (tertiary/aromatic N) is 2. The number of rotatable bonds is 5. The molecule has 0 amide bonds. The first-order valence-corrected chi connectivity index (χ1v) is 6.25. The van der Waals surface area contributed by atoms with Crippen LogP contribution in [0.1, 0.15) is 19.5 Å². The lowest BCUT2D eigenvalue weighted by atomic mass is 10.2. The van der Waals surface area contributed by atoms with Crippen LogP contribution in [-0.2, 0) is 6.42 Å². The minimum Gasteiger partial charge on any atom is -0.316 e. The molecule has 15 heavy (non-hydrogen) atoms. The van der Waals surface area contributed by atoms with E-state index in [0.717, 1.165) is 30.4 Å². The standard InChI is InChI=1S/C11H17N3S/c1-9(2)7-12-4-3-10-8-14-5-6-15-11(14)13-10/h5-6,8-9,12H,3-4,7H2,1-2H3. The summed E-state index contributed by atoms with van der Waals surface area (Å²) < 4.78 is 2.09. The van der Waals surface area contributed by atoms with E-state index in [4.69, 9.17) is 0 Å². The van der Waals surface area contributed by atoms with Gasteiger partial charge in [-0.2, -0.15) is 0 Å². The molecular formula is C11H17N3S. The van der Waals surface area contributed by atoms with Crippen LogP contribution >= 0.6 is 11.3 Å². The third-order valence-electron chi connectivity index (χ3n) is 2.25. The molecule has 0 radical (unpaired) electrons. The third kappa shape index (κ3) is 2.79. The highest BCUT2D eigenvalue weighted by molar-refractivity contribution is 7.15. The van der Waals surface area contributed by atoms with Crippen molar-refractivity contribution in [1.82, 2.24) is 14.7 Å². The van der Waals surface area contributed by atoms with Gasteiger partial charge in [-0.1, -0.05) is 13.8 Å². The average molecular weight is 223 g/mol. The highest BCUT2D eigenvalue weighted by atomic mass is 32.1. The number of thiazole rings is 1. The number of fused-ring (bicyclic) bond motifs is 1. The maximum Gasteiger partial charge on any atom is 0.193 e. The lowest BCUT2D eigenvalue weighted by Gasteiger charge is -2.05. The van der Waals surface area contributed by atoms with Crippen LogP contribution in [0.25, 0.3) is 4.96 Å². The van der Waals surface area contributed by atoms with Crippen molar-refractivity contribution in [3.8, 4) is 0 Å². The van der Waals surface area contributed by atoms with E-state index in [-0.39, 0.29) is 0 Å². The zero-order valence-electron chi connectivity index (χ0n) is 9.23. The molecule has 0 atom stereocenters. The molecule has 82 valence electrons. The van der Waals surface area contributed by atoms with Crippen LogP contribution in [0.3, 0.4) is 0 Å². The first-order valence-electron chi connectivity index (χ1n) is 5.37. The summed E-state index contributed by atoms with van der Waals surface area (Å²) in [7, 11) is 0. The number of imidazole rings is 1. The quantitative estimate of drug-likeness (QED) is 0.787. The highest BCUT2D eigenvalue weighted by Gasteiger charge is 2.01. The Balaban J connectivity index is 1.82. The van der Waals surface area contributed by atoms with Crippen LogP contribution in [0.15, 0.2) is 17.8 Å². The maximum atomic E-state index is 4.53. The minimum atomic E-state index is 0.718. The van der Waals surface area contributed by atoms with Crippen LogP contribution in [0.5, 0.6) is 0 Å². The van der Waals surface area contributed by atoms with Gasteiger partial charge in [0.2, 0.25) is 0 Å². The summed E-state index contributed by atoms with van der Waals surface area (Å²) in [6.45, 7) is 6.55. The Bertz CT molecular complexity index is 388. The topological polar surface area (TPSA) is 29.3 Å². The summed E-state index contributed by atoms with van der Waals surface area (Å²) in [5.41, 5.74) is 1.18. The summed E-state index contributed by atoms with van der Waals surface area (Å²) in [6.07, 6.45) is 5.18. The molecule has 0 spiro atoms. The summed E-state index contributed by atoms with van der Waals surface area (Å²) in [5.74, 6) is 0.718. The van der Waals surface area contributed by atoms with E-state index in [9.17, 15) is 0 Å². The number of hydrogen-bond acceptors (Lipinski definition) is 3. The Hall–Kier alpha value is -0.870. The molecule has 1 N–H and O–H groups in total. The van der Waals surface area contributed by atoms with Gasteiger partial charge in [-0.15, -0.1) is 11.3 Å². The average Bonchev–Trinajstić information content (AvgIpc) is 2.71. The Morgan fingerprint density at radius 3 is 3.13 bits per heavy atom. The number of nitrogens with one attached hydrogen (secondary N) is 1. The molecule has 0 bridgehead atoms. The second-order valence-electron chi connectivity index (χ2n) is 4.17. The van der Waals surface area contributed by atoms with E-state index in [1.807, 2.05) is 0 Å². The second kappa shape index (κ2) is 4.77. The fourth-order valence-corrected chi connectivity index (χ4v) is 2.22. The highest BCUT2D eigenvalue weighted by Crippen LogP contribution is 2.11. The molecule has 3 nitrogen and oxygen atoms in total. The summed E-state index contributed by atoms with van der Waals surface area (Å²) in [4.78, 5) is 5.62. The van der Waals surface area contributed by atoms with Crippen molar-refractivity contribution in [2.24, 2.45) is 5.92 Å². The fourth-order valence-electron chi connectivity index (χ4n) is 1.50. The van der Waals surface area contributed by atoms with Gasteiger partial charge in [0, 0.05) is 30.7 Å². The predicted octanol–water partition coefficient (Wildman–Crippen LogP) is 2.18. The van der Waals surface area contributed by atoms with Gasteiger partial charge in [-0.25, -0.2) is 4.98 Å². The van der Waals surface area contributed by atoms with Gasteiger partial charge in [0.15, 0.2) is 4.96 Å². The van der Waals surface area contributed by atoms with Gasteiger partial charge < -0.3 is 5.32 Å². The first-order chi connectivity index (χ1) is 7.25. The van der Waals surface area contributed by atoms with E-state index in [1.54, 1.807) is 11.3 Å². The van der Waals surface area contributed by atoms with Gasteiger partial charge in [0.25, 0.3) is 0 Å². The molecule has 2 heterocycles. The van der Waals surface area contributed by atoms with Gasteiger partial charge in [0.05, 0.1) is 5.69 Å². The summed E-state index contributed by atoms with van der Waals surface area (Å²) in [6, 6.07) is 0. The van der Waals surface area contributed by atoms with Crippen molar-refractivity contribution in [2.45, 2.75) is 20.3 Å². The molecule has 0 unspecified atom stereocenters. The van der Waals surface area contributed by atoms with Crippen molar-refractivity contribution >= 4 is 16.3 Å². The molecule has 0 aliphatic rings. The maximum absolute atomic E-state index is 4.53. The normalized spacial score (nSPS) is 11.7. The molecule has 0 fully saturated rings. The van der Waals surface area contributed by atoms with Crippen LogP contribution in [0.4, 0.5) is 0 Å². The molecule has 0 saturated carbocycles. The van der Waals surface area contributed by atoms with E-state index in [2.05, 4.69) is 46.3 Å². The fraction of sp³-hybridized carbons (Fsp3) is 0.545. The van der Waals surface area contributed by atoms with Crippen molar-refractivity contribution < 1.29 is 0 Å². The van der Waals surface area contributed by atoms with Crippen molar-refractivity contribution in [2.75, 3.05) is 13.1 Å². The molecule has 0 aliphatic carbocycles. The largest absolute Gasteiger partial charge is 0.316 e. The molecule has 0 aliphatic heterocycles. The van der Waals surface area contributed by atoms with E-state index < -0.39 is 0 Å². The SMILES string of the molecule is CC(C)CNCCc1cn2ccsc2n1. The molecule has 0 saturated heterocycles. The number of hydrogen-bond donors (Lipinski definition) is 1. The molecular weight excluding hydrogens is 206 g/mol. The predicted molar refractivity (Wildman–Crippen MR) is 64.5 cm³/mol. The Morgan fingerprint density at radius 2 is 2.40 bits per heavy atom.